The van der Waals surface area contributed by atoms with Gasteiger partial charge in [-0.3, -0.25) is 4.79 Å². The van der Waals surface area contributed by atoms with Crippen molar-refractivity contribution in [2.24, 2.45) is 0 Å². The Morgan fingerprint density at radius 1 is 1.11 bits per heavy atom. The van der Waals surface area contributed by atoms with Crippen molar-refractivity contribution in [1.82, 2.24) is 0 Å². The number of fused-ring (bicyclic) bond motifs is 1. The molecule has 1 aliphatic heterocycles. The van der Waals surface area contributed by atoms with Crippen LogP contribution in [-0.2, 0) is 0 Å². The molecule has 0 N–H and O–H groups in total. The van der Waals surface area contributed by atoms with Crippen LogP contribution >= 0.6 is 15.9 Å². The Hall–Kier alpha value is -1.87. The molecule has 0 spiro atoms. The van der Waals surface area contributed by atoms with Gasteiger partial charge >= 0.3 is 0 Å². The van der Waals surface area contributed by atoms with Gasteiger partial charge in [-0.25, -0.2) is 0 Å². The molecule has 0 saturated carbocycles. The second kappa shape index (κ2) is 5.02. The van der Waals surface area contributed by atoms with Crippen LogP contribution in [0.1, 0.15) is 15.9 Å². The minimum absolute atomic E-state index is 0.0434. The maximum Gasteiger partial charge on any atom is 0.196 e. The van der Waals surface area contributed by atoms with Crippen molar-refractivity contribution in [3.8, 4) is 5.75 Å². The van der Waals surface area contributed by atoms with Gasteiger partial charge in [0.25, 0.3) is 0 Å². The molecule has 0 aliphatic carbocycles. The van der Waals surface area contributed by atoms with Gasteiger partial charge in [-0.15, -0.1) is 0 Å². The van der Waals surface area contributed by atoms with E-state index in [-0.39, 0.29) is 5.78 Å². The fourth-order valence-electron chi connectivity index (χ4n) is 2.08. The smallest absolute Gasteiger partial charge is 0.196 e. The van der Waals surface area contributed by atoms with Gasteiger partial charge in [0, 0.05) is 10.0 Å². The number of benzene rings is 2. The Kier molecular flexibility index (Phi) is 3.22. The minimum Gasteiger partial charge on any atom is -0.488 e. The highest BCUT2D eigenvalue weighted by Gasteiger charge is 2.22. The van der Waals surface area contributed by atoms with Crippen molar-refractivity contribution in [2.45, 2.75) is 0 Å². The molecule has 2 aromatic carbocycles. The molecule has 0 bridgehead atoms. The number of ether oxygens (including phenoxy) is 1. The number of halogens is 1. The van der Waals surface area contributed by atoms with Gasteiger partial charge in [-0.05, 0) is 35.9 Å². The zero-order valence-electron chi connectivity index (χ0n) is 10.1. The first kappa shape index (κ1) is 12.2. The van der Waals surface area contributed by atoms with Crippen LogP contribution in [0.15, 0.2) is 58.6 Å². The summed E-state index contributed by atoms with van der Waals surface area (Å²) in [6.07, 6.45) is 1.88. The summed E-state index contributed by atoms with van der Waals surface area (Å²) in [7, 11) is 0. The van der Waals surface area contributed by atoms with Gasteiger partial charge < -0.3 is 4.74 Å². The van der Waals surface area contributed by atoms with Gasteiger partial charge in [0.2, 0.25) is 0 Å². The lowest BCUT2D eigenvalue weighted by atomic mass is 9.98. The fraction of sp³-hybridized carbons (Fsp3) is 0.0625. The van der Waals surface area contributed by atoms with Crippen molar-refractivity contribution < 1.29 is 9.53 Å². The van der Waals surface area contributed by atoms with E-state index in [1.54, 1.807) is 6.07 Å². The van der Waals surface area contributed by atoms with Crippen LogP contribution in [0.5, 0.6) is 5.75 Å². The third-order valence-corrected chi connectivity index (χ3v) is 3.49. The van der Waals surface area contributed by atoms with Crippen LogP contribution in [0.25, 0.3) is 6.08 Å². The largest absolute Gasteiger partial charge is 0.488 e. The zero-order valence-corrected chi connectivity index (χ0v) is 11.7. The summed E-state index contributed by atoms with van der Waals surface area (Å²) in [6, 6.07) is 15.2. The van der Waals surface area contributed by atoms with Gasteiger partial charge in [0.15, 0.2) is 5.78 Å². The molecule has 0 unspecified atom stereocenters. The lowest BCUT2D eigenvalue weighted by Gasteiger charge is -2.18. The molecular weight excluding hydrogens is 304 g/mol. The maximum atomic E-state index is 12.3. The van der Waals surface area contributed by atoms with Gasteiger partial charge in [-0.2, -0.15) is 0 Å². The minimum atomic E-state index is 0.0434. The number of carbonyl (C=O) groups excluding carboxylic acids is 1. The molecule has 1 heterocycles. The normalized spacial score (nSPS) is 16.1. The first-order valence-electron chi connectivity index (χ1n) is 5.97. The molecule has 0 atom stereocenters. The summed E-state index contributed by atoms with van der Waals surface area (Å²) in [5, 5.41) is 0. The van der Waals surface area contributed by atoms with E-state index in [9.17, 15) is 4.79 Å². The molecule has 0 amide bonds. The first-order chi connectivity index (χ1) is 9.24. The summed E-state index contributed by atoms with van der Waals surface area (Å²) < 4.78 is 6.60. The number of rotatable bonds is 1. The quantitative estimate of drug-likeness (QED) is 0.740. The Morgan fingerprint density at radius 3 is 2.79 bits per heavy atom. The van der Waals surface area contributed by atoms with Crippen molar-refractivity contribution in [3.05, 3.63) is 69.7 Å². The van der Waals surface area contributed by atoms with E-state index >= 15 is 0 Å². The third-order valence-electron chi connectivity index (χ3n) is 3.00. The summed E-state index contributed by atoms with van der Waals surface area (Å²) in [5.41, 5.74) is 2.30. The van der Waals surface area contributed by atoms with E-state index in [1.807, 2.05) is 48.5 Å². The molecule has 2 aromatic rings. The highest BCUT2D eigenvalue weighted by Crippen LogP contribution is 2.27. The number of Topliss-reactive ketones (excluding diaryl/α,β-unsaturated/α-hetero) is 1. The van der Waals surface area contributed by atoms with Gasteiger partial charge in [0.1, 0.15) is 12.4 Å². The molecule has 0 saturated heterocycles. The van der Waals surface area contributed by atoms with Gasteiger partial charge in [0.05, 0.1) is 5.56 Å². The number of hydrogen-bond donors (Lipinski definition) is 0. The number of carbonyl (C=O) groups is 1. The van der Waals surface area contributed by atoms with Crippen molar-refractivity contribution in [1.29, 1.82) is 0 Å². The van der Waals surface area contributed by atoms with Crippen LogP contribution in [-0.4, -0.2) is 12.4 Å². The standard InChI is InChI=1S/C16H11BrO2/c17-13-5-3-4-11(9-13)8-12-10-19-15-7-2-1-6-14(15)16(12)18/h1-9H,10H2/b12-8+. The van der Waals surface area contributed by atoms with E-state index in [2.05, 4.69) is 15.9 Å². The van der Waals surface area contributed by atoms with Crippen molar-refractivity contribution in [3.63, 3.8) is 0 Å². The Balaban J connectivity index is 1.98. The van der Waals surface area contributed by atoms with Crippen LogP contribution in [0.3, 0.4) is 0 Å². The number of hydrogen-bond acceptors (Lipinski definition) is 2. The monoisotopic (exact) mass is 314 g/mol. The second-order valence-corrected chi connectivity index (χ2v) is 5.25. The van der Waals surface area contributed by atoms with Crippen LogP contribution in [0.4, 0.5) is 0 Å². The van der Waals surface area contributed by atoms with E-state index in [4.69, 9.17) is 4.74 Å². The lowest BCUT2D eigenvalue weighted by Crippen LogP contribution is -2.18. The Labute approximate surface area is 119 Å². The maximum absolute atomic E-state index is 12.3. The first-order valence-corrected chi connectivity index (χ1v) is 6.76. The highest BCUT2D eigenvalue weighted by molar-refractivity contribution is 9.10. The molecule has 0 aromatic heterocycles. The molecule has 3 rings (SSSR count). The van der Waals surface area contributed by atoms with E-state index in [0.29, 0.717) is 23.5 Å². The molecular formula is C16H11BrO2. The fourth-order valence-corrected chi connectivity index (χ4v) is 2.50. The van der Waals surface area contributed by atoms with Crippen LogP contribution in [0, 0.1) is 0 Å². The summed E-state index contributed by atoms with van der Waals surface area (Å²) in [5.74, 6) is 0.709. The third kappa shape index (κ3) is 2.47. The molecule has 0 fully saturated rings. The Bertz CT molecular complexity index is 674. The number of para-hydroxylation sites is 1. The predicted octanol–water partition coefficient (Wildman–Crippen LogP) is 4.11. The second-order valence-electron chi connectivity index (χ2n) is 4.34. The summed E-state index contributed by atoms with van der Waals surface area (Å²) in [6.45, 7) is 0.322. The summed E-state index contributed by atoms with van der Waals surface area (Å²) in [4.78, 5) is 12.3. The van der Waals surface area contributed by atoms with Gasteiger partial charge in [-0.1, -0.05) is 40.2 Å². The van der Waals surface area contributed by atoms with E-state index < -0.39 is 0 Å². The average Bonchev–Trinajstić information content (AvgIpc) is 2.42. The van der Waals surface area contributed by atoms with Crippen molar-refractivity contribution in [2.75, 3.05) is 6.61 Å². The molecule has 2 nitrogen and oxygen atoms in total. The molecule has 1 aliphatic rings. The van der Waals surface area contributed by atoms with E-state index in [0.717, 1.165) is 10.0 Å². The highest BCUT2D eigenvalue weighted by atomic mass is 79.9. The average molecular weight is 315 g/mol. The molecule has 19 heavy (non-hydrogen) atoms. The van der Waals surface area contributed by atoms with Crippen LogP contribution in [0.2, 0.25) is 0 Å². The van der Waals surface area contributed by atoms with Crippen LogP contribution < -0.4 is 4.74 Å². The molecule has 94 valence electrons. The predicted molar refractivity (Wildman–Crippen MR) is 78.4 cm³/mol. The van der Waals surface area contributed by atoms with E-state index in [1.165, 1.54) is 0 Å². The van der Waals surface area contributed by atoms with Crippen molar-refractivity contribution >= 4 is 27.8 Å². The Morgan fingerprint density at radius 2 is 1.95 bits per heavy atom. The molecule has 0 radical (unpaired) electrons. The number of ketones is 1. The topological polar surface area (TPSA) is 26.3 Å². The zero-order chi connectivity index (χ0) is 13.2. The SMILES string of the molecule is O=C1/C(=C/c2cccc(Br)c2)COc2ccccc21. The molecule has 3 heteroatoms. The lowest BCUT2D eigenvalue weighted by molar-refractivity contribution is 0.100. The summed E-state index contributed by atoms with van der Waals surface area (Å²) >= 11 is 3.42.